The smallest absolute Gasteiger partial charge is 0.303 e. The van der Waals surface area contributed by atoms with E-state index in [-0.39, 0.29) is 6.42 Å². The SMILES string of the molecule is CC(C)(CC(=O)O)Cc1nc(-c2cc(Br)cs2)no1. The molecule has 0 aliphatic carbocycles. The van der Waals surface area contributed by atoms with Crippen molar-refractivity contribution in [2.24, 2.45) is 5.41 Å². The van der Waals surface area contributed by atoms with Gasteiger partial charge >= 0.3 is 5.97 Å². The highest BCUT2D eigenvalue weighted by molar-refractivity contribution is 9.10. The summed E-state index contributed by atoms with van der Waals surface area (Å²) in [5, 5.41) is 14.7. The van der Waals surface area contributed by atoms with Crippen LogP contribution in [0.25, 0.3) is 10.7 Å². The van der Waals surface area contributed by atoms with E-state index in [0.29, 0.717) is 18.1 Å². The average molecular weight is 345 g/mol. The van der Waals surface area contributed by atoms with E-state index in [1.807, 2.05) is 25.3 Å². The first-order chi connectivity index (χ1) is 8.85. The van der Waals surface area contributed by atoms with Gasteiger partial charge in [-0.1, -0.05) is 19.0 Å². The first kappa shape index (κ1) is 14.2. The number of carboxylic acid groups (broad SMARTS) is 1. The molecule has 2 heterocycles. The molecule has 0 aliphatic heterocycles. The van der Waals surface area contributed by atoms with Gasteiger partial charge in [0, 0.05) is 16.3 Å². The third kappa shape index (κ3) is 3.87. The van der Waals surface area contributed by atoms with Gasteiger partial charge in [-0.25, -0.2) is 0 Å². The summed E-state index contributed by atoms with van der Waals surface area (Å²) < 4.78 is 6.16. The van der Waals surface area contributed by atoms with Gasteiger partial charge in [0.1, 0.15) is 0 Å². The van der Waals surface area contributed by atoms with Crippen molar-refractivity contribution in [1.82, 2.24) is 10.1 Å². The minimum atomic E-state index is -0.827. The van der Waals surface area contributed by atoms with Crippen molar-refractivity contribution < 1.29 is 14.4 Å². The highest BCUT2D eigenvalue weighted by atomic mass is 79.9. The fraction of sp³-hybridized carbons (Fsp3) is 0.417. The van der Waals surface area contributed by atoms with Crippen LogP contribution in [0.3, 0.4) is 0 Å². The molecule has 0 aliphatic rings. The maximum absolute atomic E-state index is 10.8. The number of aromatic nitrogens is 2. The predicted octanol–water partition coefficient (Wildman–Crippen LogP) is 3.60. The quantitative estimate of drug-likeness (QED) is 0.896. The van der Waals surface area contributed by atoms with Crippen LogP contribution in [-0.2, 0) is 11.2 Å². The van der Waals surface area contributed by atoms with Gasteiger partial charge < -0.3 is 9.63 Å². The number of hydrogen-bond acceptors (Lipinski definition) is 5. The van der Waals surface area contributed by atoms with E-state index in [4.69, 9.17) is 9.63 Å². The number of halogens is 1. The third-order valence-electron chi connectivity index (χ3n) is 2.52. The second-order valence-corrected chi connectivity index (χ2v) is 6.88. The van der Waals surface area contributed by atoms with E-state index < -0.39 is 11.4 Å². The minimum Gasteiger partial charge on any atom is -0.481 e. The minimum absolute atomic E-state index is 0.0647. The number of rotatable bonds is 5. The molecular formula is C12H13BrN2O3S. The molecule has 0 radical (unpaired) electrons. The van der Waals surface area contributed by atoms with Crippen molar-refractivity contribution >= 4 is 33.2 Å². The Hall–Kier alpha value is -1.21. The summed E-state index contributed by atoms with van der Waals surface area (Å²) in [5.74, 6) is 0.175. The molecule has 0 aromatic carbocycles. The second-order valence-electron chi connectivity index (χ2n) is 5.05. The first-order valence-electron chi connectivity index (χ1n) is 5.64. The Bertz CT molecular complexity index is 591. The van der Waals surface area contributed by atoms with Crippen LogP contribution in [0.1, 0.15) is 26.2 Å². The average Bonchev–Trinajstić information content (AvgIpc) is 2.84. The van der Waals surface area contributed by atoms with Crippen molar-refractivity contribution in [3.63, 3.8) is 0 Å². The Labute approximate surface area is 122 Å². The van der Waals surface area contributed by atoms with Gasteiger partial charge in [-0.2, -0.15) is 4.98 Å². The van der Waals surface area contributed by atoms with Crippen LogP contribution in [0.15, 0.2) is 20.4 Å². The molecule has 0 amide bonds. The lowest BCUT2D eigenvalue weighted by molar-refractivity contribution is -0.139. The zero-order valence-electron chi connectivity index (χ0n) is 10.5. The van der Waals surface area contributed by atoms with Gasteiger partial charge in [0.15, 0.2) is 0 Å². The molecule has 5 nitrogen and oxygen atoms in total. The summed E-state index contributed by atoms with van der Waals surface area (Å²) in [7, 11) is 0. The molecule has 19 heavy (non-hydrogen) atoms. The highest BCUT2D eigenvalue weighted by Gasteiger charge is 2.25. The van der Waals surface area contributed by atoms with E-state index in [2.05, 4.69) is 26.1 Å². The maximum Gasteiger partial charge on any atom is 0.303 e. The Morgan fingerprint density at radius 2 is 2.32 bits per heavy atom. The topological polar surface area (TPSA) is 76.2 Å². The van der Waals surface area contributed by atoms with E-state index in [0.717, 1.165) is 9.35 Å². The fourth-order valence-electron chi connectivity index (χ4n) is 1.74. The van der Waals surface area contributed by atoms with E-state index in [1.165, 1.54) is 11.3 Å². The molecule has 2 rings (SSSR count). The number of nitrogens with zero attached hydrogens (tertiary/aromatic N) is 2. The molecule has 0 saturated heterocycles. The summed E-state index contributed by atoms with van der Waals surface area (Å²) in [5.41, 5.74) is -0.411. The monoisotopic (exact) mass is 344 g/mol. The molecule has 0 fully saturated rings. The number of hydrogen-bond donors (Lipinski definition) is 1. The molecule has 0 bridgehead atoms. The van der Waals surface area contributed by atoms with Crippen molar-refractivity contribution in [3.8, 4) is 10.7 Å². The Balaban J connectivity index is 2.11. The van der Waals surface area contributed by atoms with Crippen LogP contribution < -0.4 is 0 Å². The molecule has 0 atom stereocenters. The van der Waals surface area contributed by atoms with E-state index >= 15 is 0 Å². The highest BCUT2D eigenvalue weighted by Crippen LogP contribution is 2.30. The predicted molar refractivity (Wildman–Crippen MR) is 75.0 cm³/mol. The fourth-order valence-corrected chi connectivity index (χ4v) is 3.09. The van der Waals surface area contributed by atoms with Gasteiger partial charge in [0.25, 0.3) is 0 Å². The Morgan fingerprint density at radius 1 is 1.58 bits per heavy atom. The molecule has 0 spiro atoms. The zero-order valence-corrected chi connectivity index (χ0v) is 12.9. The van der Waals surface area contributed by atoms with Crippen LogP contribution in [0, 0.1) is 5.41 Å². The zero-order chi connectivity index (χ0) is 14.0. The number of carbonyl (C=O) groups is 1. The normalized spacial score (nSPS) is 11.7. The second kappa shape index (κ2) is 5.42. The summed E-state index contributed by atoms with van der Waals surface area (Å²) in [6.07, 6.45) is 0.508. The molecular weight excluding hydrogens is 332 g/mol. The Morgan fingerprint density at radius 3 is 2.89 bits per heavy atom. The van der Waals surface area contributed by atoms with Crippen LogP contribution in [-0.4, -0.2) is 21.2 Å². The standard InChI is InChI=1S/C12H13BrN2O3S/c1-12(2,5-10(16)17)4-9-14-11(15-18-9)8-3-7(13)6-19-8/h3,6H,4-5H2,1-2H3,(H,16,17). The van der Waals surface area contributed by atoms with Crippen LogP contribution >= 0.6 is 27.3 Å². The summed E-state index contributed by atoms with van der Waals surface area (Å²) in [6, 6.07) is 1.92. The third-order valence-corrected chi connectivity index (χ3v) is 4.20. The molecule has 0 unspecified atom stereocenters. The van der Waals surface area contributed by atoms with Gasteiger partial charge in [-0.15, -0.1) is 11.3 Å². The van der Waals surface area contributed by atoms with Gasteiger partial charge in [-0.3, -0.25) is 4.79 Å². The van der Waals surface area contributed by atoms with Crippen molar-refractivity contribution in [2.75, 3.05) is 0 Å². The lowest BCUT2D eigenvalue weighted by atomic mass is 9.86. The molecule has 1 N–H and O–H groups in total. The van der Waals surface area contributed by atoms with Crippen molar-refractivity contribution in [1.29, 1.82) is 0 Å². The lowest BCUT2D eigenvalue weighted by Gasteiger charge is -2.19. The summed E-state index contributed by atoms with van der Waals surface area (Å²) >= 11 is 4.89. The van der Waals surface area contributed by atoms with Gasteiger partial charge in [0.2, 0.25) is 11.7 Å². The summed E-state index contributed by atoms with van der Waals surface area (Å²) in [4.78, 5) is 16.0. The number of thiophene rings is 1. The maximum atomic E-state index is 10.8. The van der Waals surface area contributed by atoms with Crippen molar-refractivity contribution in [3.05, 3.63) is 21.8 Å². The van der Waals surface area contributed by atoms with Gasteiger partial charge in [0.05, 0.1) is 11.3 Å². The van der Waals surface area contributed by atoms with Crippen LogP contribution in [0.5, 0.6) is 0 Å². The molecule has 2 aromatic heterocycles. The van der Waals surface area contributed by atoms with E-state index in [1.54, 1.807) is 0 Å². The largest absolute Gasteiger partial charge is 0.481 e. The lowest BCUT2D eigenvalue weighted by Crippen LogP contribution is -2.19. The van der Waals surface area contributed by atoms with Crippen LogP contribution in [0.4, 0.5) is 0 Å². The number of carboxylic acids is 1. The van der Waals surface area contributed by atoms with E-state index in [9.17, 15) is 4.79 Å². The molecule has 7 heteroatoms. The first-order valence-corrected chi connectivity index (χ1v) is 7.32. The Kier molecular flexibility index (Phi) is 4.05. The van der Waals surface area contributed by atoms with Crippen LogP contribution in [0.2, 0.25) is 0 Å². The number of aliphatic carboxylic acids is 1. The molecule has 2 aromatic rings. The van der Waals surface area contributed by atoms with Crippen molar-refractivity contribution in [2.45, 2.75) is 26.7 Å². The molecule has 102 valence electrons. The van der Waals surface area contributed by atoms with Gasteiger partial charge in [-0.05, 0) is 27.4 Å². The molecule has 0 saturated carbocycles. The summed E-state index contributed by atoms with van der Waals surface area (Å²) in [6.45, 7) is 3.74.